The number of nitrogens with one attached hydrogen (secondary N) is 1. The van der Waals surface area contributed by atoms with Gasteiger partial charge in [0.25, 0.3) is 0 Å². The molecule has 0 heterocycles. The Hall–Kier alpha value is -0.220. The highest BCUT2D eigenvalue weighted by molar-refractivity contribution is 7.99. The molecular formula is C13H25NO2S. The second-order valence-corrected chi connectivity index (χ2v) is 6.11. The lowest BCUT2D eigenvalue weighted by molar-refractivity contribution is -0.146. The Morgan fingerprint density at radius 3 is 2.71 bits per heavy atom. The lowest BCUT2D eigenvalue weighted by Crippen LogP contribution is -2.53. The minimum atomic E-state index is -0.507. The van der Waals surface area contributed by atoms with Crippen molar-refractivity contribution < 1.29 is 9.53 Å². The number of ether oxygens (including phenoxy) is 1. The normalized spacial score (nSPS) is 18.8. The molecule has 0 aromatic carbocycles. The van der Waals surface area contributed by atoms with Gasteiger partial charge in [0.1, 0.15) is 5.54 Å². The zero-order valence-corrected chi connectivity index (χ0v) is 12.1. The van der Waals surface area contributed by atoms with Gasteiger partial charge in [0.05, 0.1) is 7.11 Å². The maximum Gasteiger partial charge on any atom is 0.326 e. The zero-order valence-electron chi connectivity index (χ0n) is 11.3. The van der Waals surface area contributed by atoms with Crippen molar-refractivity contribution >= 4 is 17.7 Å². The summed E-state index contributed by atoms with van der Waals surface area (Å²) in [5.74, 6) is 1.81. The molecule has 1 saturated carbocycles. The van der Waals surface area contributed by atoms with Crippen LogP contribution in [0.2, 0.25) is 0 Å². The van der Waals surface area contributed by atoms with Crippen LogP contribution in [-0.4, -0.2) is 36.2 Å². The van der Waals surface area contributed by atoms with Gasteiger partial charge in [-0.15, -0.1) is 0 Å². The lowest BCUT2D eigenvalue weighted by atomic mass is 10.1. The van der Waals surface area contributed by atoms with Gasteiger partial charge in [-0.2, -0.15) is 11.8 Å². The highest BCUT2D eigenvalue weighted by Gasteiger charge is 2.39. The van der Waals surface area contributed by atoms with Gasteiger partial charge >= 0.3 is 5.97 Å². The Balaban J connectivity index is 2.31. The van der Waals surface area contributed by atoms with Gasteiger partial charge in [-0.25, -0.2) is 0 Å². The SMILES string of the molecule is CCCCCSCC(C)(NC1CC1)C(=O)OC. The van der Waals surface area contributed by atoms with Gasteiger partial charge in [-0.05, 0) is 31.9 Å². The van der Waals surface area contributed by atoms with Gasteiger partial charge in [0.2, 0.25) is 0 Å². The topological polar surface area (TPSA) is 38.3 Å². The number of carbonyl (C=O) groups is 1. The number of thioether (sulfide) groups is 1. The molecule has 17 heavy (non-hydrogen) atoms. The Morgan fingerprint density at radius 2 is 2.18 bits per heavy atom. The molecule has 0 radical (unpaired) electrons. The van der Waals surface area contributed by atoms with Crippen LogP contribution < -0.4 is 5.32 Å². The smallest absolute Gasteiger partial charge is 0.326 e. The number of esters is 1. The third kappa shape index (κ3) is 5.30. The van der Waals surface area contributed by atoms with Crippen LogP contribution in [0.4, 0.5) is 0 Å². The third-order valence-corrected chi connectivity index (χ3v) is 4.38. The summed E-state index contributed by atoms with van der Waals surface area (Å²) >= 11 is 1.85. The molecule has 0 amide bonds. The van der Waals surface area contributed by atoms with Crippen LogP contribution in [0.15, 0.2) is 0 Å². The summed E-state index contributed by atoms with van der Waals surface area (Å²) in [6, 6.07) is 0.523. The first-order valence-electron chi connectivity index (χ1n) is 6.56. The van der Waals surface area contributed by atoms with E-state index in [1.165, 1.54) is 39.2 Å². The fourth-order valence-corrected chi connectivity index (χ4v) is 2.96. The number of carbonyl (C=O) groups excluding carboxylic acids is 1. The van der Waals surface area contributed by atoms with Crippen molar-refractivity contribution in [3.05, 3.63) is 0 Å². The molecule has 100 valence electrons. The van der Waals surface area contributed by atoms with Gasteiger partial charge in [-0.3, -0.25) is 10.1 Å². The van der Waals surface area contributed by atoms with Crippen LogP contribution in [0.5, 0.6) is 0 Å². The molecular weight excluding hydrogens is 234 g/mol. The van der Waals surface area contributed by atoms with Gasteiger partial charge in [-0.1, -0.05) is 19.8 Å². The van der Waals surface area contributed by atoms with E-state index in [1.54, 1.807) is 0 Å². The molecule has 0 aliphatic heterocycles. The van der Waals surface area contributed by atoms with Crippen molar-refractivity contribution in [1.29, 1.82) is 0 Å². The molecule has 1 aliphatic rings. The highest BCUT2D eigenvalue weighted by Crippen LogP contribution is 2.25. The number of methoxy groups -OCH3 is 1. The van der Waals surface area contributed by atoms with Gasteiger partial charge in [0.15, 0.2) is 0 Å². The molecule has 1 rings (SSSR count). The fraction of sp³-hybridized carbons (Fsp3) is 0.923. The summed E-state index contributed by atoms with van der Waals surface area (Å²) < 4.78 is 4.91. The van der Waals surface area contributed by atoms with Crippen LogP contribution in [-0.2, 0) is 9.53 Å². The van der Waals surface area contributed by atoms with Crippen molar-refractivity contribution in [1.82, 2.24) is 5.32 Å². The van der Waals surface area contributed by atoms with Crippen molar-refractivity contribution in [3.63, 3.8) is 0 Å². The van der Waals surface area contributed by atoms with E-state index < -0.39 is 5.54 Å². The molecule has 1 unspecified atom stereocenters. The van der Waals surface area contributed by atoms with Crippen LogP contribution in [0.1, 0.15) is 46.0 Å². The first kappa shape index (κ1) is 14.8. The van der Waals surface area contributed by atoms with Crippen molar-refractivity contribution in [2.24, 2.45) is 0 Å². The van der Waals surface area contributed by atoms with E-state index in [0.717, 1.165) is 11.5 Å². The Bertz CT molecular complexity index is 244. The third-order valence-electron chi connectivity index (χ3n) is 3.02. The van der Waals surface area contributed by atoms with E-state index in [1.807, 2.05) is 18.7 Å². The average Bonchev–Trinajstić information content (AvgIpc) is 3.11. The van der Waals surface area contributed by atoms with Gasteiger partial charge in [0, 0.05) is 11.8 Å². The minimum Gasteiger partial charge on any atom is -0.468 e. The standard InChI is InChI=1S/C13H25NO2S/c1-4-5-6-9-17-10-13(2,12(15)16-3)14-11-7-8-11/h11,14H,4-10H2,1-3H3. The fourth-order valence-electron chi connectivity index (χ4n) is 1.79. The molecule has 1 N–H and O–H groups in total. The van der Waals surface area contributed by atoms with Gasteiger partial charge < -0.3 is 4.74 Å². The molecule has 0 bridgehead atoms. The van der Waals surface area contributed by atoms with E-state index in [9.17, 15) is 4.79 Å². The molecule has 3 nitrogen and oxygen atoms in total. The predicted molar refractivity (Wildman–Crippen MR) is 73.4 cm³/mol. The Labute approximate surface area is 109 Å². The van der Waals surface area contributed by atoms with E-state index in [4.69, 9.17) is 4.74 Å². The predicted octanol–water partition coefficient (Wildman–Crippen LogP) is 2.59. The molecule has 1 atom stereocenters. The zero-order chi connectivity index (χ0) is 12.7. The Kier molecular flexibility index (Phi) is 6.34. The minimum absolute atomic E-state index is 0.132. The molecule has 0 aromatic heterocycles. The maximum absolute atomic E-state index is 11.8. The maximum atomic E-state index is 11.8. The monoisotopic (exact) mass is 259 g/mol. The molecule has 0 aromatic rings. The first-order chi connectivity index (χ1) is 8.12. The number of hydrogen-bond donors (Lipinski definition) is 1. The summed E-state index contributed by atoms with van der Waals surface area (Å²) in [6.07, 6.45) is 6.13. The summed E-state index contributed by atoms with van der Waals surface area (Å²) in [5, 5.41) is 3.41. The van der Waals surface area contributed by atoms with Crippen molar-refractivity contribution in [2.75, 3.05) is 18.6 Å². The molecule has 1 aliphatic carbocycles. The van der Waals surface area contributed by atoms with E-state index >= 15 is 0 Å². The second kappa shape index (κ2) is 7.27. The first-order valence-corrected chi connectivity index (χ1v) is 7.71. The molecule has 1 fully saturated rings. The van der Waals surface area contributed by atoms with E-state index in [2.05, 4.69) is 12.2 Å². The Morgan fingerprint density at radius 1 is 1.47 bits per heavy atom. The van der Waals surface area contributed by atoms with Crippen LogP contribution in [0, 0.1) is 0 Å². The van der Waals surface area contributed by atoms with Crippen LogP contribution >= 0.6 is 11.8 Å². The summed E-state index contributed by atoms with van der Waals surface area (Å²) in [5.41, 5.74) is -0.507. The summed E-state index contributed by atoms with van der Waals surface area (Å²) in [7, 11) is 1.47. The number of hydrogen-bond acceptors (Lipinski definition) is 4. The van der Waals surface area contributed by atoms with Crippen LogP contribution in [0.25, 0.3) is 0 Å². The van der Waals surface area contributed by atoms with E-state index in [0.29, 0.717) is 6.04 Å². The quantitative estimate of drug-likeness (QED) is 0.510. The average molecular weight is 259 g/mol. The lowest BCUT2D eigenvalue weighted by Gasteiger charge is -2.27. The second-order valence-electron chi connectivity index (χ2n) is 5.00. The van der Waals surface area contributed by atoms with Crippen LogP contribution in [0.3, 0.4) is 0 Å². The number of rotatable bonds is 9. The molecule has 0 saturated heterocycles. The molecule has 4 heteroatoms. The van der Waals surface area contributed by atoms with Crippen molar-refractivity contribution in [3.8, 4) is 0 Å². The summed E-state index contributed by atoms with van der Waals surface area (Å²) in [4.78, 5) is 11.8. The number of unbranched alkanes of at least 4 members (excludes halogenated alkanes) is 2. The van der Waals surface area contributed by atoms with Crippen molar-refractivity contribution in [2.45, 2.75) is 57.5 Å². The largest absolute Gasteiger partial charge is 0.468 e. The molecule has 0 spiro atoms. The van der Waals surface area contributed by atoms with E-state index in [-0.39, 0.29) is 5.97 Å². The summed E-state index contributed by atoms with van der Waals surface area (Å²) in [6.45, 7) is 4.17. The highest BCUT2D eigenvalue weighted by atomic mass is 32.2.